The lowest BCUT2D eigenvalue weighted by molar-refractivity contribution is -0.113. The Morgan fingerprint density at radius 2 is 1.94 bits per heavy atom. The number of halogens is 1. The molecule has 166 valence electrons. The SMILES string of the molecule is CC(=O)c1cccc(NC(=O)CSc2ncc(S(=O)(=O)c3ccc(C)c(Cl)c3)c(=O)[nH]2)c1. The van der Waals surface area contributed by atoms with E-state index in [-0.39, 0.29) is 32.5 Å². The highest BCUT2D eigenvalue weighted by Gasteiger charge is 2.23. The third-order valence-electron chi connectivity index (χ3n) is 4.38. The average molecular weight is 492 g/mol. The Labute approximate surface area is 193 Å². The predicted octanol–water partition coefficient (Wildman–Crippen LogP) is 3.50. The van der Waals surface area contributed by atoms with Gasteiger partial charge in [-0.15, -0.1) is 0 Å². The van der Waals surface area contributed by atoms with E-state index in [2.05, 4.69) is 15.3 Å². The number of nitrogens with one attached hydrogen (secondary N) is 2. The number of H-pyrrole nitrogens is 1. The van der Waals surface area contributed by atoms with Gasteiger partial charge in [0.05, 0.1) is 16.8 Å². The number of ketones is 1. The quantitative estimate of drug-likeness (QED) is 0.294. The fourth-order valence-corrected chi connectivity index (χ4v) is 4.78. The fraction of sp³-hybridized carbons (Fsp3) is 0.143. The Morgan fingerprint density at radius 1 is 1.19 bits per heavy atom. The molecule has 1 aromatic heterocycles. The number of carbonyl (C=O) groups excluding carboxylic acids is 2. The molecule has 0 atom stereocenters. The van der Waals surface area contributed by atoms with Gasteiger partial charge in [0, 0.05) is 16.3 Å². The highest BCUT2D eigenvalue weighted by Crippen LogP contribution is 2.24. The van der Waals surface area contributed by atoms with Gasteiger partial charge in [0.1, 0.15) is 0 Å². The maximum absolute atomic E-state index is 12.8. The number of aromatic nitrogens is 2. The monoisotopic (exact) mass is 491 g/mol. The second kappa shape index (κ2) is 9.68. The molecule has 8 nitrogen and oxygen atoms in total. The van der Waals surface area contributed by atoms with Crippen LogP contribution in [0.1, 0.15) is 22.8 Å². The van der Waals surface area contributed by atoms with E-state index in [0.717, 1.165) is 18.0 Å². The van der Waals surface area contributed by atoms with Crippen LogP contribution in [0.15, 0.2) is 68.4 Å². The zero-order valence-electron chi connectivity index (χ0n) is 17.0. The van der Waals surface area contributed by atoms with Crippen LogP contribution in [0.4, 0.5) is 5.69 Å². The number of benzene rings is 2. The van der Waals surface area contributed by atoms with Crippen molar-refractivity contribution in [1.29, 1.82) is 0 Å². The summed E-state index contributed by atoms with van der Waals surface area (Å²) in [4.78, 5) is 41.7. The van der Waals surface area contributed by atoms with E-state index in [1.165, 1.54) is 19.1 Å². The number of thioether (sulfide) groups is 1. The predicted molar refractivity (Wildman–Crippen MR) is 122 cm³/mol. The van der Waals surface area contributed by atoms with Crippen LogP contribution < -0.4 is 10.9 Å². The van der Waals surface area contributed by atoms with E-state index in [1.54, 1.807) is 37.3 Å². The van der Waals surface area contributed by atoms with E-state index in [1.807, 2.05) is 0 Å². The van der Waals surface area contributed by atoms with Gasteiger partial charge in [-0.1, -0.05) is 41.6 Å². The van der Waals surface area contributed by atoms with E-state index >= 15 is 0 Å². The Morgan fingerprint density at radius 3 is 2.59 bits per heavy atom. The van der Waals surface area contributed by atoms with Crippen LogP contribution in [0, 0.1) is 6.92 Å². The molecule has 2 aromatic carbocycles. The topological polar surface area (TPSA) is 126 Å². The number of sulfone groups is 1. The molecule has 0 aliphatic carbocycles. The molecule has 0 radical (unpaired) electrons. The molecule has 2 N–H and O–H groups in total. The van der Waals surface area contributed by atoms with Gasteiger partial charge >= 0.3 is 0 Å². The molecule has 0 unspecified atom stereocenters. The molecule has 32 heavy (non-hydrogen) atoms. The van der Waals surface area contributed by atoms with Gasteiger partial charge < -0.3 is 10.3 Å². The Bertz CT molecular complexity index is 1370. The number of Topliss-reactive ketones (excluding diaryl/α,β-unsaturated/α-hetero) is 1. The molecule has 0 aliphatic rings. The molecule has 3 rings (SSSR count). The summed E-state index contributed by atoms with van der Waals surface area (Å²) in [5.41, 5.74) is 0.778. The first-order valence-electron chi connectivity index (χ1n) is 9.22. The molecule has 0 saturated carbocycles. The number of hydrogen-bond donors (Lipinski definition) is 2. The van der Waals surface area contributed by atoms with Gasteiger partial charge in [-0.2, -0.15) is 0 Å². The molecule has 1 amide bonds. The summed E-state index contributed by atoms with van der Waals surface area (Å²) in [6.07, 6.45) is 0.957. The summed E-state index contributed by atoms with van der Waals surface area (Å²) in [5.74, 6) is -0.600. The minimum Gasteiger partial charge on any atom is -0.325 e. The summed E-state index contributed by atoms with van der Waals surface area (Å²) in [7, 11) is -4.12. The molecule has 3 aromatic rings. The minimum absolute atomic E-state index is 0.0866. The number of aryl methyl sites for hydroxylation is 1. The molecule has 0 saturated heterocycles. The van der Waals surface area contributed by atoms with Crippen molar-refractivity contribution in [3.05, 3.63) is 75.2 Å². The lowest BCUT2D eigenvalue weighted by Gasteiger charge is -2.07. The van der Waals surface area contributed by atoms with Crippen LogP contribution in [0.5, 0.6) is 0 Å². The van der Waals surface area contributed by atoms with Crippen LogP contribution >= 0.6 is 23.4 Å². The molecule has 1 heterocycles. The van der Waals surface area contributed by atoms with E-state index in [0.29, 0.717) is 16.8 Å². The lowest BCUT2D eigenvalue weighted by atomic mass is 10.1. The van der Waals surface area contributed by atoms with Crippen LogP contribution in [0.2, 0.25) is 5.02 Å². The van der Waals surface area contributed by atoms with Crippen molar-refractivity contribution >= 4 is 50.6 Å². The minimum atomic E-state index is -4.12. The summed E-state index contributed by atoms with van der Waals surface area (Å²) >= 11 is 6.93. The number of anilines is 1. The van der Waals surface area contributed by atoms with E-state index in [4.69, 9.17) is 11.6 Å². The molecule has 0 bridgehead atoms. The van der Waals surface area contributed by atoms with Crippen molar-refractivity contribution in [3.8, 4) is 0 Å². The van der Waals surface area contributed by atoms with Gasteiger partial charge in [-0.25, -0.2) is 13.4 Å². The van der Waals surface area contributed by atoms with Gasteiger partial charge in [-0.3, -0.25) is 14.4 Å². The average Bonchev–Trinajstić information content (AvgIpc) is 2.74. The first kappa shape index (κ1) is 23.7. The molecule has 0 aliphatic heterocycles. The van der Waals surface area contributed by atoms with Crippen LogP contribution in [0.3, 0.4) is 0 Å². The number of amides is 1. The maximum atomic E-state index is 12.8. The lowest BCUT2D eigenvalue weighted by Crippen LogP contribution is -2.20. The van der Waals surface area contributed by atoms with Crippen molar-refractivity contribution in [2.45, 2.75) is 28.8 Å². The smallest absolute Gasteiger partial charge is 0.270 e. The van der Waals surface area contributed by atoms with E-state index in [9.17, 15) is 22.8 Å². The van der Waals surface area contributed by atoms with Gasteiger partial charge in [0.2, 0.25) is 15.7 Å². The van der Waals surface area contributed by atoms with Crippen LogP contribution in [-0.2, 0) is 14.6 Å². The largest absolute Gasteiger partial charge is 0.325 e. The van der Waals surface area contributed by atoms with Crippen molar-refractivity contribution in [3.63, 3.8) is 0 Å². The standard InChI is InChI=1S/C21H18ClN3O5S2/c1-12-6-7-16(9-17(12)22)32(29,30)18-10-23-21(25-20(18)28)31-11-19(27)24-15-5-3-4-14(8-15)13(2)26/h3-10H,11H2,1-2H3,(H,24,27)(H,23,25,28). The fourth-order valence-electron chi connectivity index (χ4n) is 2.65. The summed E-state index contributed by atoms with van der Waals surface area (Å²) < 4.78 is 25.5. The molecule has 11 heteroatoms. The maximum Gasteiger partial charge on any atom is 0.270 e. The van der Waals surface area contributed by atoms with Crippen molar-refractivity contribution in [1.82, 2.24) is 9.97 Å². The summed E-state index contributed by atoms with van der Waals surface area (Å²) in [6, 6.07) is 10.7. The summed E-state index contributed by atoms with van der Waals surface area (Å²) in [5, 5.41) is 3.00. The van der Waals surface area contributed by atoms with E-state index < -0.39 is 20.3 Å². The Kier molecular flexibility index (Phi) is 7.17. The highest BCUT2D eigenvalue weighted by atomic mass is 35.5. The Hall–Kier alpha value is -2.95. The molecule has 0 fully saturated rings. The van der Waals surface area contributed by atoms with Crippen molar-refractivity contribution in [2.75, 3.05) is 11.1 Å². The molecular formula is C21H18ClN3O5S2. The number of hydrogen-bond acceptors (Lipinski definition) is 7. The first-order chi connectivity index (χ1) is 15.1. The third-order valence-corrected chi connectivity index (χ3v) is 7.42. The number of carbonyl (C=O) groups is 2. The number of rotatable bonds is 7. The number of nitrogens with zero attached hydrogens (tertiary/aromatic N) is 1. The number of aromatic amines is 1. The Balaban J connectivity index is 1.71. The van der Waals surface area contributed by atoms with Crippen molar-refractivity contribution in [2.24, 2.45) is 0 Å². The zero-order valence-corrected chi connectivity index (χ0v) is 19.4. The van der Waals surface area contributed by atoms with Gasteiger partial charge in [0.15, 0.2) is 15.8 Å². The highest BCUT2D eigenvalue weighted by molar-refractivity contribution is 7.99. The normalized spacial score (nSPS) is 11.2. The first-order valence-corrected chi connectivity index (χ1v) is 12.1. The second-order valence-corrected chi connectivity index (χ2v) is 10.1. The van der Waals surface area contributed by atoms with Gasteiger partial charge in [0.25, 0.3) is 5.56 Å². The van der Waals surface area contributed by atoms with Gasteiger partial charge in [-0.05, 0) is 43.7 Å². The molecular weight excluding hydrogens is 474 g/mol. The summed E-state index contributed by atoms with van der Waals surface area (Å²) in [6.45, 7) is 3.16. The molecule has 0 spiro atoms. The zero-order chi connectivity index (χ0) is 23.5. The van der Waals surface area contributed by atoms with Crippen LogP contribution in [-0.4, -0.2) is 35.8 Å². The van der Waals surface area contributed by atoms with Crippen molar-refractivity contribution < 1.29 is 18.0 Å². The second-order valence-electron chi connectivity index (χ2n) is 6.77. The van der Waals surface area contributed by atoms with Crippen LogP contribution in [0.25, 0.3) is 0 Å². The third kappa shape index (κ3) is 5.45.